The lowest BCUT2D eigenvalue weighted by Gasteiger charge is -2.41. The summed E-state index contributed by atoms with van der Waals surface area (Å²) < 4.78 is 4.92. The molecule has 0 amide bonds. The van der Waals surface area contributed by atoms with E-state index in [0.717, 1.165) is 12.8 Å². The highest BCUT2D eigenvalue weighted by Crippen LogP contribution is 2.44. The molecule has 0 N–H and O–H groups in total. The second kappa shape index (κ2) is 4.54. The molecule has 2 atom stereocenters. The summed E-state index contributed by atoms with van der Waals surface area (Å²) >= 11 is 0. The number of methoxy groups -OCH3 is 1. The lowest BCUT2D eigenvalue weighted by molar-refractivity contribution is -0.151. The Labute approximate surface area is 93.4 Å². The largest absolute Gasteiger partial charge is 0.469 e. The van der Waals surface area contributed by atoms with E-state index in [2.05, 4.69) is 27.7 Å². The van der Waals surface area contributed by atoms with E-state index in [9.17, 15) is 4.79 Å². The van der Waals surface area contributed by atoms with Gasteiger partial charge in [-0.3, -0.25) is 4.79 Å². The molecule has 0 bridgehead atoms. The molecule has 0 aliphatic heterocycles. The first-order valence-corrected chi connectivity index (χ1v) is 5.95. The van der Waals surface area contributed by atoms with Crippen molar-refractivity contribution in [1.82, 2.24) is 0 Å². The average molecular weight is 212 g/mol. The molecular weight excluding hydrogens is 188 g/mol. The van der Waals surface area contributed by atoms with Crippen molar-refractivity contribution in [1.29, 1.82) is 0 Å². The summed E-state index contributed by atoms with van der Waals surface area (Å²) in [5.74, 6) is 1.18. The number of carbonyl (C=O) groups excluding carboxylic acids is 1. The molecule has 0 aromatic carbocycles. The van der Waals surface area contributed by atoms with Crippen LogP contribution in [-0.2, 0) is 9.53 Å². The van der Waals surface area contributed by atoms with Gasteiger partial charge in [-0.25, -0.2) is 0 Å². The Hall–Kier alpha value is -0.530. The highest BCUT2D eigenvalue weighted by Gasteiger charge is 2.40. The Kier molecular flexibility index (Phi) is 3.80. The van der Waals surface area contributed by atoms with Gasteiger partial charge in [0.2, 0.25) is 0 Å². The molecule has 2 nitrogen and oxygen atoms in total. The topological polar surface area (TPSA) is 26.3 Å². The van der Waals surface area contributed by atoms with Crippen LogP contribution in [0.1, 0.15) is 47.0 Å². The molecule has 1 rings (SSSR count). The second-order valence-electron chi connectivity index (χ2n) is 5.94. The predicted molar refractivity (Wildman–Crippen MR) is 61.5 cm³/mol. The average Bonchev–Trinajstić information content (AvgIpc) is 2.14. The van der Waals surface area contributed by atoms with Crippen molar-refractivity contribution in [2.45, 2.75) is 47.0 Å². The minimum Gasteiger partial charge on any atom is -0.469 e. The van der Waals surface area contributed by atoms with Gasteiger partial charge in [0, 0.05) is 0 Å². The van der Waals surface area contributed by atoms with Gasteiger partial charge in [-0.2, -0.15) is 0 Å². The van der Waals surface area contributed by atoms with Gasteiger partial charge >= 0.3 is 5.97 Å². The van der Waals surface area contributed by atoms with Gasteiger partial charge in [0.05, 0.1) is 13.0 Å². The van der Waals surface area contributed by atoms with Crippen molar-refractivity contribution in [2.24, 2.45) is 23.2 Å². The number of hydrogen-bond acceptors (Lipinski definition) is 2. The minimum absolute atomic E-state index is 0.0125. The van der Waals surface area contributed by atoms with E-state index >= 15 is 0 Å². The molecule has 0 aromatic heterocycles. The molecule has 2 heteroatoms. The molecule has 0 radical (unpaired) electrons. The van der Waals surface area contributed by atoms with Crippen molar-refractivity contribution in [3.8, 4) is 0 Å². The van der Waals surface area contributed by atoms with Gasteiger partial charge in [0.25, 0.3) is 0 Å². The van der Waals surface area contributed by atoms with Crippen LogP contribution >= 0.6 is 0 Å². The zero-order chi connectivity index (χ0) is 11.6. The van der Waals surface area contributed by atoms with Crippen LogP contribution < -0.4 is 0 Å². The van der Waals surface area contributed by atoms with E-state index in [4.69, 9.17) is 4.74 Å². The maximum atomic E-state index is 11.7. The zero-order valence-electron chi connectivity index (χ0n) is 10.7. The van der Waals surface area contributed by atoms with Gasteiger partial charge in [0.1, 0.15) is 0 Å². The highest BCUT2D eigenvalue weighted by molar-refractivity contribution is 5.72. The summed E-state index contributed by atoms with van der Waals surface area (Å²) in [6.45, 7) is 8.91. The molecule has 0 heterocycles. The first-order valence-electron chi connectivity index (χ1n) is 5.95. The molecule has 0 aromatic rings. The third-order valence-electron chi connectivity index (χ3n) is 3.80. The summed E-state index contributed by atoms with van der Waals surface area (Å²) in [4.78, 5) is 11.7. The number of esters is 1. The van der Waals surface area contributed by atoms with Crippen molar-refractivity contribution in [2.75, 3.05) is 7.11 Å². The molecular formula is C13H24O2. The molecule has 1 fully saturated rings. The third-order valence-corrected chi connectivity index (χ3v) is 3.80. The van der Waals surface area contributed by atoms with E-state index in [-0.39, 0.29) is 11.9 Å². The fourth-order valence-electron chi connectivity index (χ4n) is 2.81. The summed E-state index contributed by atoms with van der Waals surface area (Å²) in [6, 6.07) is 0. The van der Waals surface area contributed by atoms with Crippen LogP contribution in [0, 0.1) is 23.2 Å². The van der Waals surface area contributed by atoms with Crippen LogP contribution in [0.3, 0.4) is 0 Å². The van der Waals surface area contributed by atoms with Gasteiger partial charge < -0.3 is 4.74 Å². The maximum absolute atomic E-state index is 11.7. The molecule has 1 saturated carbocycles. The lowest BCUT2D eigenvalue weighted by atomic mass is 9.64. The standard InChI is InChI=1S/C13H24O2/c1-9(2)10-6-7-13(3,4)8-11(10)12(14)15-5/h9-11H,6-8H2,1-5H3. The van der Waals surface area contributed by atoms with Gasteiger partial charge in [-0.05, 0) is 36.5 Å². The predicted octanol–water partition coefficient (Wildman–Crippen LogP) is 3.26. The van der Waals surface area contributed by atoms with Gasteiger partial charge in [-0.15, -0.1) is 0 Å². The van der Waals surface area contributed by atoms with Crippen LogP contribution in [0.4, 0.5) is 0 Å². The van der Waals surface area contributed by atoms with Crippen LogP contribution in [0.25, 0.3) is 0 Å². The van der Waals surface area contributed by atoms with Crippen LogP contribution in [0.2, 0.25) is 0 Å². The quantitative estimate of drug-likeness (QED) is 0.657. The number of carbonyl (C=O) groups is 1. The Morgan fingerprint density at radius 1 is 1.40 bits per heavy atom. The molecule has 0 spiro atoms. The van der Waals surface area contributed by atoms with Crippen molar-refractivity contribution < 1.29 is 9.53 Å². The van der Waals surface area contributed by atoms with E-state index < -0.39 is 0 Å². The number of hydrogen-bond donors (Lipinski definition) is 0. The monoisotopic (exact) mass is 212 g/mol. The van der Waals surface area contributed by atoms with Crippen LogP contribution in [0.15, 0.2) is 0 Å². The third kappa shape index (κ3) is 2.96. The van der Waals surface area contributed by atoms with Gasteiger partial charge in [0.15, 0.2) is 0 Å². The first-order chi connectivity index (χ1) is 6.87. The van der Waals surface area contributed by atoms with Crippen molar-refractivity contribution in [3.63, 3.8) is 0 Å². The maximum Gasteiger partial charge on any atom is 0.308 e. The minimum atomic E-state index is -0.0125. The van der Waals surface area contributed by atoms with E-state index in [1.807, 2.05) is 0 Å². The molecule has 15 heavy (non-hydrogen) atoms. The fourth-order valence-corrected chi connectivity index (χ4v) is 2.81. The Morgan fingerprint density at radius 2 is 2.00 bits per heavy atom. The first kappa shape index (κ1) is 12.5. The summed E-state index contributed by atoms with van der Waals surface area (Å²) in [5.41, 5.74) is 0.296. The van der Waals surface area contributed by atoms with Crippen LogP contribution in [-0.4, -0.2) is 13.1 Å². The van der Waals surface area contributed by atoms with Crippen molar-refractivity contribution in [3.05, 3.63) is 0 Å². The molecule has 88 valence electrons. The molecule has 1 aliphatic rings. The number of rotatable bonds is 2. The highest BCUT2D eigenvalue weighted by atomic mass is 16.5. The summed E-state index contributed by atoms with van der Waals surface area (Å²) in [5, 5.41) is 0. The zero-order valence-corrected chi connectivity index (χ0v) is 10.7. The van der Waals surface area contributed by atoms with E-state index in [1.165, 1.54) is 13.5 Å². The Bertz CT molecular complexity index is 231. The fraction of sp³-hybridized carbons (Fsp3) is 0.923. The lowest BCUT2D eigenvalue weighted by Crippen LogP contribution is -2.37. The van der Waals surface area contributed by atoms with Gasteiger partial charge in [-0.1, -0.05) is 27.7 Å². The van der Waals surface area contributed by atoms with E-state index in [1.54, 1.807) is 0 Å². The molecule has 2 unspecified atom stereocenters. The Balaban J connectivity index is 2.78. The van der Waals surface area contributed by atoms with Crippen molar-refractivity contribution >= 4 is 5.97 Å². The van der Waals surface area contributed by atoms with E-state index in [0.29, 0.717) is 17.3 Å². The smallest absolute Gasteiger partial charge is 0.308 e. The second-order valence-corrected chi connectivity index (χ2v) is 5.94. The summed E-state index contributed by atoms with van der Waals surface area (Å²) in [6.07, 6.45) is 3.36. The van der Waals surface area contributed by atoms with Crippen LogP contribution in [0.5, 0.6) is 0 Å². The SMILES string of the molecule is COC(=O)C1CC(C)(C)CCC1C(C)C. The Morgan fingerprint density at radius 3 is 2.47 bits per heavy atom. The number of ether oxygens (including phenoxy) is 1. The molecule has 0 saturated heterocycles. The molecule has 1 aliphatic carbocycles. The summed E-state index contributed by atoms with van der Waals surface area (Å²) in [7, 11) is 1.50. The normalized spacial score (nSPS) is 30.3.